The van der Waals surface area contributed by atoms with Crippen molar-refractivity contribution in [3.63, 3.8) is 0 Å². The Morgan fingerprint density at radius 1 is 1.33 bits per heavy atom. The molecule has 0 spiro atoms. The van der Waals surface area contributed by atoms with Gasteiger partial charge in [-0.1, -0.05) is 6.42 Å². The van der Waals surface area contributed by atoms with Crippen molar-refractivity contribution in [3.8, 4) is 0 Å². The van der Waals surface area contributed by atoms with Gasteiger partial charge in [0.05, 0.1) is 5.60 Å². The van der Waals surface area contributed by atoms with Crippen LogP contribution in [-0.2, 0) is 4.74 Å². The van der Waals surface area contributed by atoms with Crippen molar-refractivity contribution in [2.45, 2.75) is 76.6 Å². The van der Waals surface area contributed by atoms with Crippen LogP contribution in [0.1, 0.15) is 52.9 Å². The molecule has 0 bridgehead atoms. The first kappa shape index (κ1) is 16.6. The standard InChI is InChI=1S/C16H31N3O2/c1-12(11-16(2,3)21-4)17-15(20)18-13-8-10-19-9-6-5-7-14(13)19/h12-14H,5-11H2,1-4H3,(H2,17,18,20)/t12-,13-,14-/m0/s1. The van der Waals surface area contributed by atoms with Gasteiger partial charge in [-0.2, -0.15) is 0 Å². The molecule has 0 unspecified atom stereocenters. The molecule has 2 aliphatic rings. The molecule has 0 aromatic rings. The molecule has 5 heteroatoms. The fraction of sp³-hybridized carbons (Fsp3) is 0.938. The van der Waals surface area contributed by atoms with E-state index in [9.17, 15) is 4.79 Å². The Kier molecular flexibility index (Phi) is 5.49. The van der Waals surface area contributed by atoms with Crippen LogP contribution in [0.5, 0.6) is 0 Å². The largest absolute Gasteiger partial charge is 0.379 e. The van der Waals surface area contributed by atoms with E-state index >= 15 is 0 Å². The van der Waals surface area contributed by atoms with Crippen LogP contribution in [0.15, 0.2) is 0 Å². The van der Waals surface area contributed by atoms with Crippen LogP contribution in [0, 0.1) is 0 Å². The van der Waals surface area contributed by atoms with Gasteiger partial charge in [-0.15, -0.1) is 0 Å². The van der Waals surface area contributed by atoms with E-state index in [1.54, 1.807) is 7.11 Å². The molecular formula is C16H31N3O2. The fourth-order valence-electron chi connectivity index (χ4n) is 3.72. The summed E-state index contributed by atoms with van der Waals surface area (Å²) in [6.07, 6.45) is 5.70. The minimum Gasteiger partial charge on any atom is -0.379 e. The van der Waals surface area contributed by atoms with E-state index in [-0.39, 0.29) is 17.7 Å². The summed E-state index contributed by atoms with van der Waals surface area (Å²) in [4.78, 5) is 14.7. The molecule has 2 aliphatic heterocycles. The molecule has 0 radical (unpaired) electrons. The Balaban J connectivity index is 1.77. The van der Waals surface area contributed by atoms with Crippen molar-refractivity contribution in [1.82, 2.24) is 15.5 Å². The molecule has 2 amide bonds. The number of methoxy groups -OCH3 is 1. The third-order valence-electron chi connectivity index (χ3n) is 4.90. The zero-order valence-corrected chi connectivity index (χ0v) is 13.9. The highest BCUT2D eigenvalue weighted by atomic mass is 16.5. The number of rotatable bonds is 5. The van der Waals surface area contributed by atoms with Crippen molar-refractivity contribution in [3.05, 3.63) is 0 Å². The van der Waals surface area contributed by atoms with E-state index in [0.717, 1.165) is 19.4 Å². The molecule has 21 heavy (non-hydrogen) atoms. The molecule has 0 aromatic heterocycles. The molecule has 0 saturated carbocycles. The molecule has 2 heterocycles. The number of urea groups is 1. The molecule has 2 fully saturated rings. The van der Waals surface area contributed by atoms with Crippen LogP contribution >= 0.6 is 0 Å². The fourth-order valence-corrected chi connectivity index (χ4v) is 3.72. The lowest BCUT2D eigenvalue weighted by Gasteiger charge is -2.33. The Bertz CT molecular complexity index is 359. The first-order chi connectivity index (χ1) is 9.91. The zero-order chi connectivity index (χ0) is 15.5. The number of carbonyl (C=O) groups excluding carboxylic acids is 1. The van der Waals surface area contributed by atoms with Gasteiger partial charge in [0.15, 0.2) is 0 Å². The Morgan fingerprint density at radius 2 is 2.10 bits per heavy atom. The predicted molar refractivity (Wildman–Crippen MR) is 84.5 cm³/mol. The van der Waals surface area contributed by atoms with Crippen molar-refractivity contribution in [2.75, 3.05) is 20.2 Å². The monoisotopic (exact) mass is 297 g/mol. The molecule has 122 valence electrons. The number of hydrogen-bond acceptors (Lipinski definition) is 3. The number of fused-ring (bicyclic) bond motifs is 1. The third-order valence-corrected chi connectivity index (χ3v) is 4.90. The number of nitrogens with one attached hydrogen (secondary N) is 2. The van der Waals surface area contributed by atoms with Gasteiger partial charge >= 0.3 is 6.03 Å². The minimum absolute atomic E-state index is 0.0353. The van der Waals surface area contributed by atoms with Gasteiger partial charge in [-0.05, 0) is 53.0 Å². The van der Waals surface area contributed by atoms with Crippen molar-refractivity contribution < 1.29 is 9.53 Å². The second kappa shape index (κ2) is 6.97. The highest BCUT2D eigenvalue weighted by Crippen LogP contribution is 2.27. The molecule has 0 aliphatic carbocycles. The van der Waals surface area contributed by atoms with Crippen LogP contribution < -0.4 is 10.6 Å². The maximum Gasteiger partial charge on any atom is 0.315 e. The second-order valence-corrected chi connectivity index (χ2v) is 7.18. The summed E-state index contributed by atoms with van der Waals surface area (Å²) in [5, 5.41) is 6.22. The van der Waals surface area contributed by atoms with E-state index in [1.165, 1.54) is 25.8 Å². The second-order valence-electron chi connectivity index (χ2n) is 7.18. The summed E-state index contributed by atoms with van der Waals surface area (Å²) in [7, 11) is 1.71. The Morgan fingerprint density at radius 3 is 2.81 bits per heavy atom. The topological polar surface area (TPSA) is 53.6 Å². The number of piperidine rings is 1. The van der Waals surface area contributed by atoms with Crippen molar-refractivity contribution in [2.24, 2.45) is 0 Å². The molecule has 2 saturated heterocycles. The van der Waals surface area contributed by atoms with Gasteiger partial charge in [0.2, 0.25) is 0 Å². The highest BCUT2D eigenvalue weighted by molar-refractivity contribution is 5.74. The van der Waals surface area contributed by atoms with Gasteiger partial charge in [0.1, 0.15) is 0 Å². The van der Waals surface area contributed by atoms with Crippen LogP contribution in [0.3, 0.4) is 0 Å². The molecular weight excluding hydrogens is 266 g/mol. The van der Waals surface area contributed by atoms with E-state index in [4.69, 9.17) is 4.74 Å². The number of hydrogen-bond donors (Lipinski definition) is 2. The lowest BCUT2D eigenvalue weighted by Crippen LogP contribution is -2.51. The SMILES string of the molecule is COC(C)(C)C[C@H](C)NC(=O)N[C@H]1CCN2CCCC[C@@H]12. The number of carbonyl (C=O) groups is 1. The lowest BCUT2D eigenvalue weighted by atomic mass is 9.99. The summed E-state index contributed by atoms with van der Waals surface area (Å²) in [5.74, 6) is 0. The smallest absolute Gasteiger partial charge is 0.315 e. The number of ether oxygens (including phenoxy) is 1. The first-order valence-corrected chi connectivity index (χ1v) is 8.27. The molecule has 5 nitrogen and oxygen atoms in total. The third kappa shape index (κ3) is 4.58. The summed E-state index contributed by atoms with van der Waals surface area (Å²) >= 11 is 0. The lowest BCUT2D eigenvalue weighted by molar-refractivity contribution is 0.00947. The first-order valence-electron chi connectivity index (χ1n) is 8.27. The predicted octanol–water partition coefficient (Wildman–Crippen LogP) is 2.12. The van der Waals surface area contributed by atoms with Gasteiger partial charge in [-0.25, -0.2) is 4.79 Å². The van der Waals surface area contributed by atoms with Crippen LogP contribution in [0.25, 0.3) is 0 Å². The summed E-state index contributed by atoms with van der Waals surface area (Å²) < 4.78 is 5.42. The van der Waals surface area contributed by atoms with E-state index in [0.29, 0.717) is 12.1 Å². The Labute approximate surface area is 128 Å². The summed E-state index contributed by atoms with van der Waals surface area (Å²) in [5.41, 5.74) is -0.208. The van der Waals surface area contributed by atoms with Crippen LogP contribution in [-0.4, -0.2) is 54.9 Å². The summed E-state index contributed by atoms with van der Waals surface area (Å²) in [6, 6.07) is 0.929. The molecule has 2 N–H and O–H groups in total. The van der Waals surface area contributed by atoms with Crippen LogP contribution in [0.2, 0.25) is 0 Å². The maximum atomic E-state index is 12.2. The number of nitrogens with zero attached hydrogens (tertiary/aromatic N) is 1. The highest BCUT2D eigenvalue weighted by Gasteiger charge is 2.36. The van der Waals surface area contributed by atoms with Gasteiger partial charge < -0.3 is 15.4 Å². The van der Waals surface area contributed by atoms with Gasteiger partial charge in [0, 0.05) is 31.8 Å². The van der Waals surface area contributed by atoms with Gasteiger partial charge in [-0.3, -0.25) is 4.90 Å². The average molecular weight is 297 g/mol. The molecule has 3 atom stereocenters. The van der Waals surface area contributed by atoms with E-state index in [2.05, 4.69) is 15.5 Å². The number of amides is 2. The van der Waals surface area contributed by atoms with E-state index in [1.807, 2.05) is 20.8 Å². The zero-order valence-electron chi connectivity index (χ0n) is 13.9. The normalized spacial score (nSPS) is 28.0. The Hall–Kier alpha value is -0.810. The average Bonchev–Trinajstić information content (AvgIpc) is 2.81. The maximum absolute atomic E-state index is 12.2. The van der Waals surface area contributed by atoms with Crippen LogP contribution in [0.4, 0.5) is 4.79 Å². The molecule has 2 rings (SSSR count). The van der Waals surface area contributed by atoms with Crippen molar-refractivity contribution in [1.29, 1.82) is 0 Å². The van der Waals surface area contributed by atoms with Gasteiger partial charge in [0.25, 0.3) is 0 Å². The summed E-state index contributed by atoms with van der Waals surface area (Å²) in [6.45, 7) is 8.44. The quantitative estimate of drug-likeness (QED) is 0.817. The minimum atomic E-state index is -0.208. The molecule has 0 aromatic carbocycles. The van der Waals surface area contributed by atoms with E-state index < -0.39 is 0 Å². The van der Waals surface area contributed by atoms with Crippen molar-refractivity contribution >= 4 is 6.03 Å².